The number of halogens is 2. The predicted molar refractivity (Wildman–Crippen MR) is 104 cm³/mol. The quantitative estimate of drug-likeness (QED) is 0.689. The van der Waals surface area contributed by atoms with E-state index in [0.717, 1.165) is 22.5 Å². The lowest BCUT2D eigenvalue weighted by molar-refractivity contribution is -0.133. The van der Waals surface area contributed by atoms with Gasteiger partial charge in [-0.15, -0.1) is 0 Å². The van der Waals surface area contributed by atoms with Gasteiger partial charge in [0.15, 0.2) is 0 Å². The highest BCUT2D eigenvalue weighted by Crippen LogP contribution is 2.33. The number of hydrogen-bond donors (Lipinski definition) is 2. The van der Waals surface area contributed by atoms with Crippen LogP contribution >= 0.6 is 11.6 Å². The molecule has 0 bridgehead atoms. The molecule has 144 valence electrons. The maximum Gasteiger partial charge on any atom is 0.230 e. The van der Waals surface area contributed by atoms with Crippen LogP contribution in [0.25, 0.3) is 11.3 Å². The van der Waals surface area contributed by atoms with Gasteiger partial charge in [0.2, 0.25) is 5.91 Å². The molecule has 0 spiro atoms. The molecule has 1 unspecified atom stereocenters. The second kappa shape index (κ2) is 7.69. The second-order valence-electron chi connectivity index (χ2n) is 6.77. The van der Waals surface area contributed by atoms with Gasteiger partial charge >= 0.3 is 0 Å². The zero-order chi connectivity index (χ0) is 19.7. The molecular weight excluding hydrogens is 381 g/mol. The smallest absolute Gasteiger partial charge is 0.230 e. The van der Waals surface area contributed by atoms with E-state index in [1.54, 1.807) is 23.4 Å². The Morgan fingerprint density at radius 2 is 2.21 bits per heavy atom. The molecule has 4 rings (SSSR count). The molecule has 3 N–H and O–H groups in total. The molecule has 0 fully saturated rings. The number of aromatic nitrogens is 3. The Kier molecular flexibility index (Phi) is 5.11. The Balaban J connectivity index is 1.59. The summed E-state index contributed by atoms with van der Waals surface area (Å²) in [4.78, 5) is 19.1. The maximum atomic E-state index is 13.5. The van der Waals surface area contributed by atoms with E-state index >= 15 is 0 Å². The highest BCUT2D eigenvalue weighted by Gasteiger charge is 2.33. The van der Waals surface area contributed by atoms with Gasteiger partial charge < -0.3 is 10.6 Å². The van der Waals surface area contributed by atoms with Crippen molar-refractivity contribution < 1.29 is 9.18 Å². The number of fused-ring (bicyclic) bond motifs is 1. The molecule has 0 aliphatic carbocycles. The molecule has 3 aromatic rings. The number of H-pyrrole nitrogens is 1. The van der Waals surface area contributed by atoms with E-state index in [-0.39, 0.29) is 10.9 Å². The monoisotopic (exact) mass is 399 g/mol. The number of benzene rings is 1. The summed E-state index contributed by atoms with van der Waals surface area (Å²) in [6, 6.07) is 8.17. The Morgan fingerprint density at radius 3 is 2.93 bits per heavy atom. The molecule has 8 heteroatoms. The third-order valence-electron chi connectivity index (χ3n) is 5.00. The number of amides is 1. The molecule has 1 atom stereocenters. The molecule has 28 heavy (non-hydrogen) atoms. The van der Waals surface area contributed by atoms with E-state index < -0.39 is 11.7 Å². The van der Waals surface area contributed by atoms with Crippen molar-refractivity contribution in [2.24, 2.45) is 5.73 Å². The minimum atomic E-state index is -0.507. The van der Waals surface area contributed by atoms with Crippen molar-refractivity contribution >= 4 is 17.5 Å². The first kappa shape index (κ1) is 18.6. The predicted octanol–water partition coefficient (Wildman–Crippen LogP) is 3.24. The molecule has 3 heterocycles. The number of hydrogen-bond acceptors (Lipinski definition) is 4. The number of carbonyl (C=O) groups excluding carboxylic acids is 1. The fourth-order valence-corrected chi connectivity index (χ4v) is 3.78. The van der Waals surface area contributed by atoms with Crippen LogP contribution in [0.15, 0.2) is 42.7 Å². The van der Waals surface area contributed by atoms with E-state index in [0.29, 0.717) is 31.6 Å². The third kappa shape index (κ3) is 3.39. The third-order valence-corrected chi connectivity index (χ3v) is 5.29. The summed E-state index contributed by atoms with van der Waals surface area (Å²) in [6.45, 7) is 1.23. The second-order valence-corrected chi connectivity index (χ2v) is 7.18. The zero-order valence-corrected chi connectivity index (χ0v) is 15.8. The summed E-state index contributed by atoms with van der Waals surface area (Å²) in [7, 11) is 0. The van der Waals surface area contributed by atoms with Crippen molar-refractivity contribution in [1.29, 1.82) is 0 Å². The lowest BCUT2D eigenvalue weighted by Gasteiger charge is -2.23. The normalized spacial score (nSPS) is 14.2. The SMILES string of the molecule is NCCC(C(=O)N1Cc2[nH]nc(-c3cccnc3)c2C1)c1ccc(F)c(Cl)c1. The van der Waals surface area contributed by atoms with Gasteiger partial charge in [-0.25, -0.2) is 4.39 Å². The number of nitrogens with one attached hydrogen (secondary N) is 1. The lowest BCUT2D eigenvalue weighted by atomic mass is 9.94. The minimum Gasteiger partial charge on any atom is -0.332 e. The van der Waals surface area contributed by atoms with Crippen LogP contribution in [0.1, 0.15) is 29.2 Å². The molecule has 2 aromatic heterocycles. The first-order chi connectivity index (χ1) is 13.6. The number of pyridine rings is 1. The van der Waals surface area contributed by atoms with Gasteiger partial charge in [0.25, 0.3) is 0 Å². The Hall–Kier alpha value is -2.77. The Bertz CT molecular complexity index is 1010. The average Bonchev–Trinajstić information content (AvgIpc) is 3.29. The molecule has 1 amide bonds. The fourth-order valence-electron chi connectivity index (χ4n) is 3.59. The van der Waals surface area contributed by atoms with Crippen LogP contribution in [0, 0.1) is 5.82 Å². The van der Waals surface area contributed by atoms with Crippen LogP contribution in [-0.2, 0) is 17.9 Å². The summed E-state index contributed by atoms with van der Waals surface area (Å²) in [5, 5.41) is 7.41. The van der Waals surface area contributed by atoms with Gasteiger partial charge in [-0.05, 0) is 42.8 Å². The number of rotatable bonds is 5. The van der Waals surface area contributed by atoms with Crippen molar-refractivity contribution in [3.8, 4) is 11.3 Å². The summed E-state index contributed by atoms with van der Waals surface area (Å²) >= 11 is 5.92. The van der Waals surface area contributed by atoms with Crippen LogP contribution in [0.2, 0.25) is 5.02 Å². The van der Waals surface area contributed by atoms with Gasteiger partial charge in [-0.2, -0.15) is 5.10 Å². The standard InChI is InChI=1S/C20H19ClFN5O/c21-16-8-12(3-4-17(16)22)14(5-6-23)20(28)27-10-15-18(11-27)25-26-19(15)13-2-1-7-24-9-13/h1-4,7-9,14H,5-6,10-11,23H2,(H,25,26). The topological polar surface area (TPSA) is 87.9 Å². The van der Waals surface area contributed by atoms with E-state index in [9.17, 15) is 9.18 Å². The molecule has 1 aliphatic heterocycles. The van der Waals surface area contributed by atoms with Gasteiger partial charge in [-0.1, -0.05) is 17.7 Å². The minimum absolute atomic E-state index is 0.00188. The molecule has 0 radical (unpaired) electrons. The van der Waals surface area contributed by atoms with Gasteiger partial charge in [0.1, 0.15) is 5.82 Å². The largest absolute Gasteiger partial charge is 0.332 e. The summed E-state index contributed by atoms with van der Waals surface area (Å²) in [6.07, 6.45) is 3.91. The number of carbonyl (C=O) groups is 1. The van der Waals surface area contributed by atoms with E-state index in [1.165, 1.54) is 12.1 Å². The first-order valence-electron chi connectivity index (χ1n) is 8.98. The van der Waals surface area contributed by atoms with Crippen LogP contribution in [0.4, 0.5) is 4.39 Å². The highest BCUT2D eigenvalue weighted by atomic mass is 35.5. The molecule has 6 nitrogen and oxygen atoms in total. The zero-order valence-electron chi connectivity index (χ0n) is 15.0. The Morgan fingerprint density at radius 1 is 1.36 bits per heavy atom. The van der Waals surface area contributed by atoms with Crippen molar-refractivity contribution in [1.82, 2.24) is 20.1 Å². The van der Waals surface area contributed by atoms with Crippen molar-refractivity contribution in [3.05, 3.63) is 70.4 Å². The molecular formula is C20H19ClFN5O. The average molecular weight is 400 g/mol. The van der Waals surface area contributed by atoms with E-state index in [2.05, 4.69) is 15.2 Å². The Labute approximate surface area is 166 Å². The van der Waals surface area contributed by atoms with Crippen molar-refractivity contribution in [2.75, 3.05) is 6.54 Å². The maximum absolute atomic E-state index is 13.5. The highest BCUT2D eigenvalue weighted by molar-refractivity contribution is 6.30. The van der Waals surface area contributed by atoms with Crippen LogP contribution in [0.3, 0.4) is 0 Å². The number of aromatic amines is 1. The van der Waals surface area contributed by atoms with Gasteiger partial charge in [0.05, 0.1) is 35.4 Å². The van der Waals surface area contributed by atoms with Gasteiger partial charge in [0, 0.05) is 23.5 Å². The summed E-state index contributed by atoms with van der Waals surface area (Å²) < 4.78 is 13.5. The van der Waals surface area contributed by atoms with Crippen LogP contribution in [0.5, 0.6) is 0 Å². The fraction of sp³-hybridized carbons (Fsp3) is 0.250. The molecule has 0 saturated carbocycles. The van der Waals surface area contributed by atoms with Crippen LogP contribution < -0.4 is 5.73 Å². The molecule has 1 aliphatic rings. The number of nitrogens with two attached hydrogens (primary N) is 1. The summed E-state index contributed by atoms with van der Waals surface area (Å²) in [5.41, 5.74) is 10.0. The van der Waals surface area contributed by atoms with Gasteiger partial charge in [-0.3, -0.25) is 14.9 Å². The van der Waals surface area contributed by atoms with Crippen molar-refractivity contribution in [3.63, 3.8) is 0 Å². The summed E-state index contributed by atoms with van der Waals surface area (Å²) in [5.74, 6) is -1.04. The number of nitrogens with zero attached hydrogens (tertiary/aromatic N) is 3. The molecule has 1 aromatic carbocycles. The van der Waals surface area contributed by atoms with Crippen molar-refractivity contribution in [2.45, 2.75) is 25.4 Å². The van der Waals surface area contributed by atoms with Crippen LogP contribution in [-0.4, -0.2) is 32.5 Å². The van der Waals surface area contributed by atoms with E-state index in [4.69, 9.17) is 17.3 Å². The van der Waals surface area contributed by atoms with E-state index in [1.807, 2.05) is 12.1 Å². The lowest BCUT2D eigenvalue weighted by Crippen LogP contribution is -2.32. The molecule has 0 saturated heterocycles. The first-order valence-corrected chi connectivity index (χ1v) is 9.36.